The van der Waals surface area contributed by atoms with Gasteiger partial charge >= 0.3 is 0 Å². The Morgan fingerprint density at radius 2 is 1.67 bits per heavy atom. The minimum atomic E-state index is -0.868. The minimum absolute atomic E-state index is 0.0223. The highest BCUT2D eigenvalue weighted by Gasteiger charge is 2.50. The molecular formula is C15H18O3. The topological polar surface area (TPSA) is 27.7 Å². The molecule has 0 N–H and O–H groups in total. The molecule has 3 nitrogen and oxygen atoms in total. The van der Waals surface area contributed by atoms with Crippen LogP contribution in [0, 0.1) is 5.41 Å². The minimum Gasteiger partial charge on any atom is -0.326 e. The van der Waals surface area contributed by atoms with E-state index in [1.54, 1.807) is 0 Å². The molecule has 0 unspecified atom stereocenters. The first kappa shape index (κ1) is 11.9. The number of fused-ring (bicyclic) bond motifs is 3. The summed E-state index contributed by atoms with van der Waals surface area (Å²) in [6, 6.07) is 8.19. The maximum atomic E-state index is 5.76. The summed E-state index contributed by atoms with van der Waals surface area (Å²) in [5.41, 5.74) is 2.28. The van der Waals surface area contributed by atoms with Gasteiger partial charge in [-0.15, -0.1) is 0 Å². The first-order chi connectivity index (χ1) is 8.63. The largest absolute Gasteiger partial charge is 0.326 e. The Bertz CT molecular complexity index is 425. The summed E-state index contributed by atoms with van der Waals surface area (Å²) >= 11 is 0. The zero-order chi connectivity index (χ0) is 12.6. The third-order valence-corrected chi connectivity index (χ3v) is 3.56. The predicted molar refractivity (Wildman–Crippen MR) is 68.9 cm³/mol. The first-order valence-electron chi connectivity index (χ1n) is 6.26. The molecule has 18 heavy (non-hydrogen) atoms. The highest BCUT2D eigenvalue weighted by Crippen LogP contribution is 2.39. The second kappa shape index (κ2) is 4.19. The lowest BCUT2D eigenvalue weighted by atomic mass is 9.91. The summed E-state index contributed by atoms with van der Waals surface area (Å²) in [5.74, 6) is -0.868. The van der Waals surface area contributed by atoms with Crippen molar-refractivity contribution in [2.24, 2.45) is 5.41 Å². The van der Waals surface area contributed by atoms with Crippen molar-refractivity contribution in [3.63, 3.8) is 0 Å². The molecule has 0 amide bonds. The van der Waals surface area contributed by atoms with Gasteiger partial charge in [0.15, 0.2) is 0 Å². The Kier molecular flexibility index (Phi) is 2.77. The maximum Gasteiger partial charge on any atom is 0.287 e. The van der Waals surface area contributed by atoms with Crippen LogP contribution in [0.15, 0.2) is 30.8 Å². The second-order valence-electron chi connectivity index (χ2n) is 5.48. The smallest absolute Gasteiger partial charge is 0.287 e. The average molecular weight is 246 g/mol. The second-order valence-corrected chi connectivity index (χ2v) is 5.48. The van der Waals surface area contributed by atoms with Crippen molar-refractivity contribution in [3.05, 3.63) is 42.0 Å². The van der Waals surface area contributed by atoms with Crippen LogP contribution in [-0.4, -0.2) is 25.8 Å². The van der Waals surface area contributed by atoms with Crippen LogP contribution in [0.25, 0.3) is 6.08 Å². The van der Waals surface area contributed by atoms with E-state index >= 15 is 0 Å². The van der Waals surface area contributed by atoms with E-state index in [9.17, 15) is 0 Å². The van der Waals surface area contributed by atoms with Crippen molar-refractivity contribution in [1.29, 1.82) is 0 Å². The van der Waals surface area contributed by atoms with E-state index in [-0.39, 0.29) is 5.41 Å². The molecule has 0 aromatic heterocycles. The molecule has 3 heterocycles. The zero-order valence-corrected chi connectivity index (χ0v) is 10.6. The molecule has 1 aromatic carbocycles. The van der Waals surface area contributed by atoms with Crippen LogP contribution in [0.4, 0.5) is 0 Å². The number of hydrogen-bond donors (Lipinski definition) is 0. The number of hydrogen-bond acceptors (Lipinski definition) is 3. The van der Waals surface area contributed by atoms with Crippen molar-refractivity contribution in [2.75, 3.05) is 19.8 Å². The summed E-state index contributed by atoms with van der Waals surface area (Å²) in [7, 11) is 0. The number of ether oxygens (including phenoxy) is 3. The summed E-state index contributed by atoms with van der Waals surface area (Å²) in [6.07, 6.45) is 2.46. The van der Waals surface area contributed by atoms with Gasteiger partial charge in [0.2, 0.25) is 0 Å². The molecule has 3 fully saturated rings. The van der Waals surface area contributed by atoms with Gasteiger partial charge in [0.05, 0.1) is 26.2 Å². The van der Waals surface area contributed by atoms with Crippen LogP contribution < -0.4 is 0 Å². The molecule has 3 heteroatoms. The van der Waals surface area contributed by atoms with E-state index in [2.05, 4.69) is 25.6 Å². The van der Waals surface area contributed by atoms with Crippen LogP contribution in [0.5, 0.6) is 0 Å². The Morgan fingerprint density at radius 3 is 2.17 bits per heavy atom. The lowest BCUT2D eigenvalue weighted by Crippen LogP contribution is -2.59. The highest BCUT2D eigenvalue weighted by atomic mass is 16.9. The van der Waals surface area contributed by atoms with E-state index in [0.29, 0.717) is 26.2 Å². The molecule has 0 spiro atoms. The van der Waals surface area contributed by atoms with E-state index in [4.69, 9.17) is 14.2 Å². The quantitative estimate of drug-likeness (QED) is 0.820. The van der Waals surface area contributed by atoms with Crippen LogP contribution in [0.3, 0.4) is 0 Å². The maximum absolute atomic E-state index is 5.76. The van der Waals surface area contributed by atoms with Crippen molar-refractivity contribution >= 4 is 6.08 Å². The van der Waals surface area contributed by atoms with Gasteiger partial charge in [-0.1, -0.05) is 43.8 Å². The van der Waals surface area contributed by atoms with E-state index < -0.39 is 5.97 Å². The van der Waals surface area contributed by atoms with E-state index in [0.717, 1.165) is 11.1 Å². The lowest BCUT2D eigenvalue weighted by Gasteiger charge is -2.50. The van der Waals surface area contributed by atoms with Gasteiger partial charge in [-0.2, -0.15) is 0 Å². The van der Waals surface area contributed by atoms with Gasteiger partial charge in [-0.25, -0.2) is 0 Å². The molecule has 3 aliphatic heterocycles. The SMILES string of the molecule is C=Cc1ccc(CC23OCC(C)(CO2)CO3)cc1. The van der Waals surface area contributed by atoms with Gasteiger partial charge in [0.1, 0.15) is 0 Å². The summed E-state index contributed by atoms with van der Waals surface area (Å²) in [5, 5.41) is 0. The molecule has 1 aromatic rings. The third kappa shape index (κ3) is 2.09. The highest BCUT2D eigenvalue weighted by molar-refractivity contribution is 5.47. The number of benzene rings is 1. The molecule has 0 saturated carbocycles. The summed E-state index contributed by atoms with van der Waals surface area (Å²) in [6.45, 7) is 7.98. The fraction of sp³-hybridized carbons (Fsp3) is 0.467. The Hall–Kier alpha value is -1.16. The molecular weight excluding hydrogens is 228 g/mol. The summed E-state index contributed by atoms with van der Waals surface area (Å²) < 4.78 is 17.3. The fourth-order valence-corrected chi connectivity index (χ4v) is 2.28. The molecule has 2 bridgehead atoms. The van der Waals surface area contributed by atoms with E-state index in [1.807, 2.05) is 18.2 Å². The third-order valence-electron chi connectivity index (χ3n) is 3.56. The monoisotopic (exact) mass is 246 g/mol. The van der Waals surface area contributed by atoms with Crippen LogP contribution in [-0.2, 0) is 20.6 Å². The van der Waals surface area contributed by atoms with Gasteiger partial charge in [-0.3, -0.25) is 0 Å². The van der Waals surface area contributed by atoms with Crippen molar-refractivity contribution in [1.82, 2.24) is 0 Å². The van der Waals surface area contributed by atoms with Crippen LogP contribution in [0.1, 0.15) is 18.1 Å². The predicted octanol–water partition coefficient (Wildman–Crippen LogP) is 2.61. The van der Waals surface area contributed by atoms with Crippen LogP contribution in [0.2, 0.25) is 0 Å². The lowest BCUT2D eigenvalue weighted by molar-refractivity contribution is -0.464. The molecule has 0 atom stereocenters. The molecule has 96 valence electrons. The normalized spacial score (nSPS) is 34.5. The average Bonchev–Trinajstić information content (AvgIpc) is 2.42. The van der Waals surface area contributed by atoms with Crippen molar-refractivity contribution in [2.45, 2.75) is 19.3 Å². The van der Waals surface area contributed by atoms with Crippen molar-refractivity contribution in [3.8, 4) is 0 Å². The first-order valence-corrected chi connectivity index (χ1v) is 6.26. The Morgan fingerprint density at radius 1 is 1.11 bits per heavy atom. The van der Waals surface area contributed by atoms with Gasteiger partial charge in [0.25, 0.3) is 5.97 Å². The summed E-state index contributed by atoms with van der Waals surface area (Å²) in [4.78, 5) is 0. The van der Waals surface area contributed by atoms with Gasteiger partial charge < -0.3 is 14.2 Å². The number of rotatable bonds is 3. The van der Waals surface area contributed by atoms with Crippen LogP contribution >= 0.6 is 0 Å². The Balaban J connectivity index is 1.74. The zero-order valence-electron chi connectivity index (χ0n) is 10.6. The molecule has 0 radical (unpaired) electrons. The van der Waals surface area contributed by atoms with Gasteiger partial charge in [0, 0.05) is 5.41 Å². The molecule has 0 aliphatic carbocycles. The molecule has 4 rings (SSSR count). The van der Waals surface area contributed by atoms with E-state index in [1.165, 1.54) is 0 Å². The van der Waals surface area contributed by atoms with Crippen molar-refractivity contribution < 1.29 is 14.2 Å². The fourth-order valence-electron chi connectivity index (χ4n) is 2.28. The Labute approximate surface area is 107 Å². The van der Waals surface area contributed by atoms with Gasteiger partial charge in [-0.05, 0) is 11.1 Å². The standard InChI is InChI=1S/C15H18O3/c1-3-12-4-6-13(7-5-12)8-15-16-9-14(2,10-17-15)11-18-15/h3-7H,1,8-11H2,2H3. The molecule has 3 aliphatic rings. The molecule has 3 saturated heterocycles.